The van der Waals surface area contributed by atoms with Gasteiger partial charge < -0.3 is 24.7 Å². The number of thiophene rings is 1. The molecule has 10 nitrogen and oxygen atoms in total. The Hall–Kier alpha value is -2.61. The Morgan fingerprint density at radius 1 is 1.38 bits per heavy atom. The van der Waals surface area contributed by atoms with E-state index in [4.69, 9.17) is 4.42 Å². The molecule has 0 spiro atoms. The van der Waals surface area contributed by atoms with E-state index in [1.807, 2.05) is 26.8 Å². The van der Waals surface area contributed by atoms with Gasteiger partial charge >= 0.3 is 0 Å². The first-order valence-corrected chi connectivity index (χ1v) is 12.8. The monoisotopic (exact) mass is 499 g/mol. The molecule has 0 aliphatic carbocycles. The van der Waals surface area contributed by atoms with Crippen LogP contribution < -0.4 is 10.6 Å². The van der Waals surface area contributed by atoms with E-state index in [2.05, 4.69) is 26.0 Å². The quantitative estimate of drug-likeness (QED) is 0.377. The van der Waals surface area contributed by atoms with Crippen LogP contribution in [-0.4, -0.2) is 38.2 Å². The van der Waals surface area contributed by atoms with Crippen molar-refractivity contribution in [2.75, 3.05) is 17.7 Å². The summed E-state index contributed by atoms with van der Waals surface area (Å²) in [5.41, 5.74) is 0.0999. The number of hydrogen-bond acceptors (Lipinski definition) is 10. The minimum Gasteiger partial charge on any atom is -0.546 e. The van der Waals surface area contributed by atoms with E-state index in [0.29, 0.717) is 11.5 Å². The van der Waals surface area contributed by atoms with E-state index in [1.165, 1.54) is 12.4 Å². The minimum atomic E-state index is -3.97. The van der Waals surface area contributed by atoms with Gasteiger partial charge in [-0.2, -0.15) is 0 Å². The Kier molecular flexibility index (Phi) is 6.56. The van der Waals surface area contributed by atoms with Crippen LogP contribution in [0.2, 0.25) is 0 Å². The molecule has 0 saturated heterocycles. The Bertz CT molecular complexity index is 1210. The highest BCUT2D eigenvalue weighted by Gasteiger charge is 2.33. The maximum Gasteiger partial charge on any atom is 0.277 e. The van der Waals surface area contributed by atoms with E-state index in [-0.39, 0.29) is 33.0 Å². The molecule has 13 heteroatoms. The van der Waals surface area contributed by atoms with Gasteiger partial charge in [0.2, 0.25) is 11.6 Å². The van der Waals surface area contributed by atoms with Gasteiger partial charge in [0.15, 0.2) is 21.1 Å². The lowest BCUT2D eigenvalue weighted by molar-refractivity contribution is 0.304. The highest BCUT2D eigenvalue weighted by Crippen LogP contribution is 2.43. The molecule has 32 heavy (non-hydrogen) atoms. The van der Waals surface area contributed by atoms with Crippen molar-refractivity contribution in [3.63, 3.8) is 0 Å². The lowest BCUT2D eigenvalue weighted by atomic mass is 9.85. The average molecular weight is 500 g/mol. The second-order valence-corrected chi connectivity index (χ2v) is 12.1. The van der Waals surface area contributed by atoms with Gasteiger partial charge in [0.1, 0.15) is 5.76 Å². The van der Waals surface area contributed by atoms with Crippen molar-refractivity contribution in [2.24, 2.45) is 5.41 Å². The van der Waals surface area contributed by atoms with Gasteiger partial charge in [-0.3, -0.25) is 4.31 Å². The van der Waals surface area contributed by atoms with Crippen LogP contribution in [0.1, 0.15) is 39.5 Å². The summed E-state index contributed by atoms with van der Waals surface area (Å²) in [6.07, 6.45) is 1.56. The van der Waals surface area contributed by atoms with Crippen LogP contribution in [0.3, 0.4) is 0 Å². The fraction of sp³-hybridized carbons (Fsp3) is 0.368. The summed E-state index contributed by atoms with van der Waals surface area (Å²) in [6.45, 7) is 11.2. The van der Waals surface area contributed by atoms with Crippen LogP contribution in [0.5, 0.6) is 5.75 Å². The molecule has 1 unspecified atom stereocenters. The van der Waals surface area contributed by atoms with E-state index in [9.17, 15) is 18.1 Å². The zero-order valence-corrected chi connectivity index (χ0v) is 20.7. The lowest BCUT2D eigenvalue weighted by Gasteiger charge is -2.29. The molecule has 0 aromatic carbocycles. The summed E-state index contributed by atoms with van der Waals surface area (Å²) in [6, 6.07) is 3.26. The topological polar surface area (TPSA) is 144 Å². The van der Waals surface area contributed by atoms with Gasteiger partial charge in [-0.15, -0.1) is 11.3 Å². The standard InChI is InChI=1S/C19H25N5O5S3/c1-11(2)24(6)32(27,28)18-14(25)12(10-30-18)20-16-17(23-31(26)22-16)21-15(19(3,4)5)13-8-7-9-29-13/h7-10,15,25H,1H2,2-6H3,(H,20,22)(H,21,23)/t15-,31?/m0/s1. The summed E-state index contributed by atoms with van der Waals surface area (Å²) in [5.74, 6) is 0.497. The van der Waals surface area contributed by atoms with Gasteiger partial charge in [-0.1, -0.05) is 27.4 Å². The fourth-order valence-corrected chi connectivity index (χ4v) is 6.03. The third-order valence-corrected chi connectivity index (χ3v) is 8.71. The molecule has 0 bridgehead atoms. The predicted octanol–water partition coefficient (Wildman–Crippen LogP) is 4.66. The SMILES string of the molecule is C=C(C)N(C)S(=O)(=O)c1scc(Nc2n[s+]([O-])nc2N[C@@H](c2ccco2)C(C)(C)C)c1O. The Morgan fingerprint density at radius 2 is 2.03 bits per heavy atom. The summed E-state index contributed by atoms with van der Waals surface area (Å²) in [7, 11) is -2.62. The third kappa shape index (κ3) is 4.75. The number of sulfonamides is 1. The molecule has 174 valence electrons. The molecular formula is C19H25N5O5S3. The largest absolute Gasteiger partial charge is 0.546 e. The van der Waals surface area contributed by atoms with Gasteiger partial charge in [-0.05, 0) is 24.5 Å². The van der Waals surface area contributed by atoms with Crippen LogP contribution >= 0.6 is 22.5 Å². The molecule has 0 aliphatic heterocycles. The molecule has 3 heterocycles. The first-order chi connectivity index (χ1) is 14.8. The van der Waals surface area contributed by atoms with Crippen molar-refractivity contribution < 1.29 is 22.5 Å². The zero-order valence-electron chi connectivity index (χ0n) is 18.2. The number of aromatic hydroxyl groups is 1. The second-order valence-electron chi connectivity index (χ2n) is 8.19. The second kappa shape index (κ2) is 8.73. The van der Waals surface area contributed by atoms with Crippen LogP contribution in [0, 0.1) is 5.41 Å². The third-order valence-electron chi connectivity index (χ3n) is 4.66. The normalized spacial score (nSPS) is 13.6. The number of furan rings is 1. The maximum atomic E-state index is 12.7. The van der Waals surface area contributed by atoms with Crippen LogP contribution in [-0.2, 0) is 10.0 Å². The molecule has 0 saturated carbocycles. The number of anilines is 3. The Labute approximate surface area is 193 Å². The van der Waals surface area contributed by atoms with E-state index < -0.39 is 26.9 Å². The summed E-state index contributed by atoms with van der Waals surface area (Å²) in [4.78, 5) is 0. The van der Waals surface area contributed by atoms with Crippen molar-refractivity contribution in [3.8, 4) is 5.75 Å². The molecule has 3 rings (SSSR count). The summed E-state index contributed by atoms with van der Waals surface area (Å²) in [5, 5.41) is 18.1. The van der Waals surface area contributed by atoms with Crippen molar-refractivity contribution in [1.82, 2.24) is 13.1 Å². The molecule has 0 radical (unpaired) electrons. The summed E-state index contributed by atoms with van der Waals surface area (Å²) < 4.78 is 51.7. The van der Waals surface area contributed by atoms with Crippen molar-refractivity contribution in [2.45, 2.75) is 37.9 Å². The molecule has 3 aromatic rings. The molecule has 0 fully saturated rings. The van der Waals surface area contributed by atoms with Gasteiger partial charge in [0.05, 0.1) is 18.0 Å². The van der Waals surface area contributed by atoms with Crippen LogP contribution in [0.15, 0.2) is 44.7 Å². The molecule has 3 N–H and O–H groups in total. The molecule has 0 aliphatic rings. The highest BCUT2D eigenvalue weighted by molar-refractivity contribution is 7.91. The molecular weight excluding hydrogens is 474 g/mol. The van der Waals surface area contributed by atoms with E-state index in [1.54, 1.807) is 19.3 Å². The number of allylic oxidation sites excluding steroid dienone is 1. The molecule has 3 aromatic heterocycles. The lowest BCUT2D eigenvalue weighted by Crippen LogP contribution is -2.25. The van der Waals surface area contributed by atoms with Crippen LogP contribution in [0.4, 0.5) is 17.3 Å². The number of nitrogens with one attached hydrogen (secondary N) is 2. The minimum absolute atomic E-state index is 0.0983. The first kappa shape index (κ1) is 24.0. The van der Waals surface area contributed by atoms with Gasteiger partial charge in [0.25, 0.3) is 10.0 Å². The van der Waals surface area contributed by atoms with Crippen molar-refractivity contribution in [1.29, 1.82) is 0 Å². The van der Waals surface area contributed by atoms with Gasteiger partial charge in [0, 0.05) is 26.9 Å². The molecule has 2 atom stereocenters. The number of nitrogens with zero attached hydrogens (tertiary/aromatic N) is 3. The number of aromatic nitrogens is 2. The Balaban J connectivity index is 1.93. The predicted molar refractivity (Wildman–Crippen MR) is 124 cm³/mol. The Morgan fingerprint density at radius 3 is 2.59 bits per heavy atom. The summed E-state index contributed by atoms with van der Waals surface area (Å²) >= 11 is -1.03. The zero-order chi connectivity index (χ0) is 23.8. The molecule has 0 amide bonds. The van der Waals surface area contributed by atoms with Crippen molar-refractivity contribution in [3.05, 3.63) is 41.8 Å². The first-order valence-electron chi connectivity index (χ1n) is 9.44. The maximum absolute atomic E-state index is 12.7. The van der Waals surface area contributed by atoms with Gasteiger partial charge in [-0.25, -0.2) is 8.42 Å². The fourth-order valence-electron chi connectivity index (χ4n) is 2.81. The van der Waals surface area contributed by atoms with E-state index >= 15 is 0 Å². The van der Waals surface area contributed by atoms with Crippen molar-refractivity contribution >= 4 is 49.8 Å². The number of hydrogen-bond donors (Lipinski definition) is 3. The highest BCUT2D eigenvalue weighted by atomic mass is 32.2. The smallest absolute Gasteiger partial charge is 0.277 e. The average Bonchev–Trinajstić information content (AvgIpc) is 3.40. The van der Waals surface area contributed by atoms with E-state index in [0.717, 1.165) is 15.6 Å². The number of rotatable bonds is 8. The van der Waals surface area contributed by atoms with Crippen LogP contribution in [0.25, 0.3) is 0 Å².